The van der Waals surface area contributed by atoms with Crippen LogP contribution in [0.4, 0.5) is 0 Å². The highest BCUT2D eigenvalue weighted by Gasteiger charge is 2.44. The highest BCUT2D eigenvalue weighted by molar-refractivity contribution is 5.83. The van der Waals surface area contributed by atoms with Gasteiger partial charge in [0.25, 0.3) is 0 Å². The lowest BCUT2D eigenvalue weighted by atomic mass is 10.1. The Bertz CT molecular complexity index is 765. The minimum Gasteiger partial charge on any atom is -0.356 e. The van der Waals surface area contributed by atoms with Crippen molar-refractivity contribution >= 4 is 11.8 Å². The van der Waals surface area contributed by atoms with Crippen molar-refractivity contribution in [3.8, 4) is 0 Å². The molecular formula is C26H32N2O2. The van der Waals surface area contributed by atoms with Crippen molar-refractivity contribution in [2.75, 3.05) is 13.1 Å². The zero-order valence-electron chi connectivity index (χ0n) is 17.6. The van der Waals surface area contributed by atoms with Crippen LogP contribution in [-0.2, 0) is 9.59 Å². The maximum atomic E-state index is 12.2. The van der Waals surface area contributed by atoms with Gasteiger partial charge in [-0.15, -0.1) is 0 Å². The molecule has 2 saturated carbocycles. The lowest BCUT2D eigenvalue weighted by Crippen LogP contribution is -2.27. The lowest BCUT2D eigenvalue weighted by Gasteiger charge is -2.07. The van der Waals surface area contributed by atoms with E-state index in [-0.39, 0.29) is 23.7 Å². The molecule has 4 nitrogen and oxygen atoms in total. The molecule has 2 aliphatic carbocycles. The number of rotatable bonds is 11. The smallest absolute Gasteiger partial charge is 0.223 e. The second-order valence-corrected chi connectivity index (χ2v) is 8.72. The van der Waals surface area contributed by atoms with E-state index in [2.05, 4.69) is 34.9 Å². The van der Waals surface area contributed by atoms with Crippen molar-refractivity contribution < 1.29 is 9.59 Å². The summed E-state index contributed by atoms with van der Waals surface area (Å²) in [4.78, 5) is 24.5. The Labute approximate surface area is 179 Å². The number of carbonyl (C=O) groups excluding carboxylic acids is 2. The summed E-state index contributed by atoms with van der Waals surface area (Å²) in [7, 11) is 0. The fourth-order valence-corrected chi connectivity index (χ4v) is 4.40. The van der Waals surface area contributed by atoms with Gasteiger partial charge in [-0.25, -0.2) is 0 Å². The Kier molecular flexibility index (Phi) is 6.83. The fourth-order valence-electron chi connectivity index (χ4n) is 4.40. The van der Waals surface area contributed by atoms with E-state index in [9.17, 15) is 9.59 Å². The summed E-state index contributed by atoms with van der Waals surface area (Å²) >= 11 is 0. The van der Waals surface area contributed by atoms with E-state index in [1.54, 1.807) is 0 Å². The number of benzene rings is 2. The molecule has 158 valence electrons. The summed E-state index contributed by atoms with van der Waals surface area (Å²) in [5, 5.41) is 6.18. The number of hydrogen-bond donors (Lipinski definition) is 2. The van der Waals surface area contributed by atoms with Gasteiger partial charge in [0.05, 0.1) is 0 Å². The molecule has 0 saturated heterocycles. The summed E-state index contributed by atoms with van der Waals surface area (Å²) in [5.74, 6) is 1.53. The van der Waals surface area contributed by atoms with Crippen LogP contribution < -0.4 is 10.6 Å². The Morgan fingerprint density at radius 2 is 1.03 bits per heavy atom. The molecule has 2 aliphatic rings. The topological polar surface area (TPSA) is 58.2 Å². The van der Waals surface area contributed by atoms with E-state index < -0.39 is 0 Å². The van der Waals surface area contributed by atoms with Gasteiger partial charge in [0, 0.05) is 24.9 Å². The predicted octanol–water partition coefficient (Wildman–Crippen LogP) is 4.39. The first-order valence-electron chi connectivity index (χ1n) is 11.4. The summed E-state index contributed by atoms with van der Waals surface area (Å²) in [5.41, 5.74) is 2.56. The summed E-state index contributed by atoms with van der Waals surface area (Å²) < 4.78 is 0. The Morgan fingerprint density at radius 1 is 0.633 bits per heavy atom. The van der Waals surface area contributed by atoms with Crippen LogP contribution in [0.15, 0.2) is 60.7 Å². The van der Waals surface area contributed by atoms with Crippen LogP contribution in [0.3, 0.4) is 0 Å². The zero-order valence-corrected chi connectivity index (χ0v) is 17.6. The van der Waals surface area contributed by atoms with Crippen LogP contribution in [0.25, 0.3) is 0 Å². The second kappa shape index (κ2) is 9.92. The number of unbranched alkanes of at least 4 members (excludes halogenated alkanes) is 3. The molecule has 0 radical (unpaired) electrons. The minimum absolute atomic E-state index is 0.157. The molecular weight excluding hydrogens is 372 g/mol. The third kappa shape index (κ3) is 5.50. The van der Waals surface area contributed by atoms with E-state index in [0.29, 0.717) is 11.8 Å². The van der Waals surface area contributed by atoms with Crippen LogP contribution in [0.2, 0.25) is 0 Å². The first-order chi connectivity index (χ1) is 14.7. The molecule has 4 heteroatoms. The van der Waals surface area contributed by atoms with Crippen LogP contribution >= 0.6 is 0 Å². The van der Waals surface area contributed by atoms with Crippen LogP contribution in [0.5, 0.6) is 0 Å². The zero-order chi connectivity index (χ0) is 20.8. The molecule has 0 bridgehead atoms. The molecule has 2 aromatic carbocycles. The third-order valence-corrected chi connectivity index (χ3v) is 6.41. The molecule has 2 aromatic rings. The van der Waals surface area contributed by atoms with Crippen molar-refractivity contribution in [3.63, 3.8) is 0 Å². The van der Waals surface area contributed by atoms with Crippen molar-refractivity contribution in [1.29, 1.82) is 0 Å². The Hall–Kier alpha value is -2.62. The molecule has 4 rings (SSSR count). The van der Waals surface area contributed by atoms with E-state index in [1.165, 1.54) is 11.1 Å². The van der Waals surface area contributed by atoms with E-state index in [0.717, 1.165) is 51.6 Å². The normalized spacial score (nSPS) is 24.1. The van der Waals surface area contributed by atoms with Gasteiger partial charge in [-0.05, 0) is 48.6 Å². The highest BCUT2D eigenvalue weighted by atomic mass is 16.2. The summed E-state index contributed by atoms with van der Waals surface area (Å²) in [6, 6.07) is 20.6. The monoisotopic (exact) mass is 404 g/mol. The average molecular weight is 405 g/mol. The van der Waals surface area contributed by atoms with Gasteiger partial charge in [-0.3, -0.25) is 9.59 Å². The molecule has 4 unspecified atom stereocenters. The summed E-state index contributed by atoms with van der Waals surface area (Å²) in [6.45, 7) is 1.51. The van der Waals surface area contributed by atoms with E-state index in [1.807, 2.05) is 36.4 Å². The quantitative estimate of drug-likeness (QED) is 0.546. The lowest BCUT2D eigenvalue weighted by molar-refractivity contribution is -0.123. The molecule has 2 N–H and O–H groups in total. The SMILES string of the molecule is O=C(NCCCCCCNC(=O)C1CC1c1ccccc1)C1CC1c1ccccc1. The number of carbonyl (C=O) groups is 2. The van der Waals surface area contributed by atoms with Crippen molar-refractivity contribution in [2.45, 2.75) is 50.4 Å². The maximum absolute atomic E-state index is 12.2. The van der Waals surface area contributed by atoms with Crippen LogP contribution in [0, 0.1) is 11.8 Å². The molecule has 0 aliphatic heterocycles. The molecule has 0 spiro atoms. The minimum atomic E-state index is 0.157. The van der Waals surface area contributed by atoms with E-state index >= 15 is 0 Å². The van der Waals surface area contributed by atoms with Gasteiger partial charge in [-0.1, -0.05) is 73.5 Å². The fraction of sp³-hybridized carbons (Fsp3) is 0.462. The average Bonchev–Trinajstić information content (AvgIpc) is 3.70. The van der Waals surface area contributed by atoms with Crippen LogP contribution in [-0.4, -0.2) is 24.9 Å². The van der Waals surface area contributed by atoms with Gasteiger partial charge < -0.3 is 10.6 Å². The largest absolute Gasteiger partial charge is 0.356 e. The molecule has 2 amide bonds. The van der Waals surface area contributed by atoms with Gasteiger partial charge >= 0.3 is 0 Å². The van der Waals surface area contributed by atoms with Gasteiger partial charge in [-0.2, -0.15) is 0 Å². The van der Waals surface area contributed by atoms with Gasteiger partial charge in [0.1, 0.15) is 0 Å². The first-order valence-corrected chi connectivity index (χ1v) is 11.4. The number of amides is 2. The van der Waals surface area contributed by atoms with Crippen molar-refractivity contribution in [3.05, 3.63) is 71.8 Å². The second-order valence-electron chi connectivity index (χ2n) is 8.72. The molecule has 4 atom stereocenters. The summed E-state index contributed by atoms with van der Waals surface area (Å²) in [6.07, 6.45) is 6.11. The van der Waals surface area contributed by atoms with Crippen LogP contribution in [0.1, 0.15) is 61.5 Å². The highest BCUT2D eigenvalue weighted by Crippen LogP contribution is 2.48. The van der Waals surface area contributed by atoms with Gasteiger partial charge in [0.2, 0.25) is 11.8 Å². The van der Waals surface area contributed by atoms with Crippen molar-refractivity contribution in [1.82, 2.24) is 10.6 Å². The Morgan fingerprint density at radius 3 is 1.43 bits per heavy atom. The predicted molar refractivity (Wildman–Crippen MR) is 119 cm³/mol. The molecule has 0 aromatic heterocycles. The van der Waals surface area contributed by atoms with E-state index in [4.69, 9.17) is 0 Å². The Balaban J connectivity index is 1.00. The van der Waals surface area contributed by atoms with Crippen molar-refractivity contribution in [2.24, 2.45) is 11.8 Å². The maximum Gasteiger partial charge on any atom is 0.223 e. The third-order valence-electron chi connectivity index (χ3n) is 6.41. The molecule has 2 fully saturated rings. The standard InChI is InChI=1S/C26H32N2O2/c29-25(23-17-21(23)19-11-5-3-6-12-19)27-15-9-1-2-10-16-28-26(30)24-18-22(24)20-13-7-4-8-14-20/h3-8,11-14,21-24H,1-2,9-10,15-18H2,(H,27,29)(H,28,30). The van der Waals surface area contributed by atoms with Gasteiger partial charge in [0.15, 0.2) is 0 Å². The first kappa shape index (κ1) is 20.6. The number of hydrogen-bond acceptors (Lipinski definition) is 2. The molecule has 0 heterocycles. The number of nitrogens with one attached hydrogen (secondary N) is 2. The molecule has 30 heavy (non-hydrogen) atoms.